The highest BCUT2D eigenvalue weighted by Gasteiger charge is 2.09. The predicted molar refractivity (Wildman–Crippen MR) is 89.2 cm³/mol. The van der Waals surface area contributed by atoms with Gasteiger partial charge >= 0.3 is 0 Å². The summed E-state index contributed by atoms with van der Waals surface area (Å²) in [6.07, 6.45) is 6.46. The molecule has 1 aromatic carbocycles. The molecule has 0 aliphatic heterocycles. The first-order valence-electron chi connectivity index (χ1n) is 7.14. The summed E-state index contributed by atoms with van der Waals surface area (Å²) in [5, 5.41) is 3.12. The van der Waals surface area contributed by atoms with E-state index in [1.54, 1.807) is 36.8 Å². The number of carbonyl (C=O) groups excluding carboxylic acids is 1. The predicted octanol–water partition coefficient (Wildman–Crippen LogP) is 1.59. The van der Waals surface area contributed by atoms with Crippen LogP contribution in [0.1, 0.15) is 15.9 Å². The minimum absolute atomic E-state index is 0.367. The van der Waals surface area contributed by atoms with Crippen molar-refractivity contribution < 1.29 is 4.79 Å². The van der Waals surface area contributed by atoms with Crippen LogP contribution in [0.5, 0.6) is 0 Å². The van der Waals surface area contributed by atoms with Crippen LogP contribution in [-0.4, -0.2) is 25.8 Å². The molecular formula is C16H15N7O. The molecular weight excluding hydrogens is 306 g/mol. The van der Waals surface area contributed by atoms with E-state index in [1.807, 2.05) is 13.0 Å². The van der Waals surface area contributed by atoms with Crippen molar-refractivity contribution in [3.63, 3.8) is 0 Å². The lowest BCUT2D eigenvalue weighted by Crippen LogP contribution is -2.30. The zero-order chi connectivity index (χ0) is 16.9. The number of aromatic nitrogens is 4. The minimum Gasteiger partial charge on any atom is -0.324 e. The van der Waals surface area contributed by atoms with Crippen molar-refractivity contribution in [2.45, 2.75) is 6.92 Å². The van der Waals surface area contributed by atoms with Gasteiger partial charge in [-0.3, -0.25) is 10.2 Å². The number of anilines is 2. The number of nitrogens with two attached hydrogens (primary N) is 1. The van der Waals surface area contributed by atoms with Crippen LogP contribution < -0.4 is 16.6 Å². The largest absolute Gasteiger partial charge is 0.324 e. The lowest BCUT2D eigenvalue weighted by molar-refractivity contribution is 0.0953. The van der Waals surface area contributed by atoms with Crippen molar-refractivity contribution in [2.75, 3.05) is 5.32 Å². The summed E-state index contributed by atoms with van der Waals surface area (Å²) >= 11 is 0. The number of amides is 1. The van der Waals surface area contributed by atoms with Crippen molar-refractivity contribution in [2.24, 2.45) is 5.84 Å². The summed E-state index contributed by atoms with van der Waals surface area (Å²) in [6.45, 7) is 1.92. The smallest absolute Gasteiger partial charge is 0.265 e. The molecule has 0 saturated carbocycles. The Bertz CT molecular complexity index is 867. The molecule has 1 amide bonds. The van der Waals surface area contributed by atoms with E-state index in [-0.39, 0.29) is 5.91 Å². The molecule has 2 heterocycles. The van der Waals surface area contributed by atoms with Crippen LogP contribution in [0.2, 0.25) is 0 Å². The lowest BCUT2D eigenvalue weighted by Gasteiger charge is -2.10. The molecule has 0 unspecified atom stereocenters. The summed E-state index contributed by atoms with van der Waals surface area (Å²) in [6, 6.07) is 6.98. The van der Waals surface area contributed by atoms with Crippen LogP contribution in [-0.2, 0) is 0 Å². The van der Waals surface area contributed by atoms with Gasteiger partial charge in [0.2, 0.25) is 5.95 Å². The molecule has 0 bridgehead atoms. The van der Waals surface area contributed by atoms with Crippen LogP contribution >= 0.6 is 0 Å². The van der Waals surface area contributed by atoms with Crippen LogP contribution in [0.3, 0.4) is 0 Å². The van der Waals surface area contributed by atoms with Gasteiger partial charge in [-0.1, -0.05) is 6.07 Å². The second kappa shape index (κ2) is 6.80. The third kappa shape index (κ3) is 3.33. The van der Waals surface area contributed by atoms with Gasteiger partial charge in [-0.15, -0.1) is 0 Å². The van der Waals surface area contributed by atoms with E-state index in [9.17, 15) is 4.79 Å². The zero-order valence-corrected chi connectivity index (χ0v) is 12.9. The third-order valence-electron chi connectivity index (χ3n) is 3.39. The number of hydrazine groups is 1. The standard InChI is InChI=1S/C16H15N7O/c1-10-2-3-11(15(24)23-17)6-14(10)22-16-20-5-4-13(21-16)12-7-18-9-19-8-12/h2-9H,17H2,1H3,(H,23,24)(H,20,21,22). The Labute approximate surface area is 138 Å². The Morgan fingerprint density at radius 3 is 2.71 bits per heavy atom. The quantitative estimate of drug-likeness (QED) is 0.379. The number of nitrogens with zero attached hydrogens (tertiary/aromatic N) is 4. The number of aryl methyl sites for hydroxylation is 1. The molecule has 24 heavy (non-hydrogen) atoms. The number of hydrogen-bond donors (Lipinski definition) is 3. The topological polar surface area (TPSA) is 119 Å². The highest BCUT2D eigenvalue weighted by Crippen LogP contribution is 2.22. The number of benzene rings is 1. The van der Waals surface area contributed by atoms with Gasteiger partial charge in [0.25, 0.3) is 5.91 Å². The van der Waals surface area contributed by atoms with Crippen molar-refractivity contribution in [3.05, 3.63) is 60.3 Å². The van der Waals surface area contributed by atoms with E-state index < -0.39 is 0 Å². The second-order valence-corrected chi connectivity index (χ2v) is 5.02. The second-order valence-electron chi connectivity index (χ2n) is 5.02. The fraction of sp³-hybridized carbons (Fsp3) is 0.0625. The molecule has 4 N–H and O–H groups in total. The van der Waals surface area contributed by atoms with Crippen molar-refractivity contribution >= 4 is 17.5 Å². The number of nitrogens with one attached hydrogen (secondary N) is 2. The first kappa shape index (κ1) is 15.5. The fourth-order valence-corrected chi connectivity index (χ4v) is 2.11. The van der Waals surface area contributed by atoms with Crippen LogP contribution in [0.15, 0.2) is 49.2 Å². The number of rotatable bonds is 4. The zero-order valence-electron chi connectivity index (χ0n) is 12.9. The molecule has 3 rings (SSSR count). The Morgan fingerprint density at radius 2 is 1.96 bits per heavy atom. The summed E-state index contributed by atoms with van der Waals surface area (Å²) in [5.74, 6) is 5.21. The van der Waals surface area contributed by atoms with Gasteiger partial charge < -0.3 is 5.32 Å². The molecule has 0 saturated heterocycles. The molecule has 0 radical (unpaired) electrons. The van der Waals surface area contributed by atoms with Crippen LogP contribution in [0.25, 0.3) is 11.3 Å². The average Bonchev–Trinajstić information content (AvgIpc) is 2.64. The molecule has 0 spiro atoms. The first-order valence-corrected chi connectivity index (χ1v) is 7.14. The molecule has 8 heteroatoms. The van der Waals surface area contributed by atoms with Crippen molar-refractivity contribution in [3.8, 4) is 11.3 Å². The van der Waals surface area contributed by atoms with E-state index in [4.69, 9.17) is 5.84 Å². The maximum Gasteiger partial charge on any atom is 0.265 e. The van der Waals surface area contributed by atoms with E-state index in [0.29, 0.717) is 17.2 Å². The monoisotopic (exact) mass is 321 g/mol. The molecule has 0 aliphatic carbocycles. The number of nitrogen functional groups attached to an aromatic ring is 1. The molecule has 0 atom stereocenters. The maximum absolute atomic E-state index is 11.7. The van der Waals surface area contributed by atoms with Crippen LogP contribution in [0.4, 0.5) is 11.6 Å². The van der Waals surface area contributed by atoms with Gasteiger partial charge in [0.15, 0.2) is 0 Å². The number of hydrogen-bond acceptors (Lipinski definition) is 7. The highest BCUT2D eigenvalue weighted by atomic mass is 16.2. The van der Waals surface area contributed by atoms with Gasteiger partial charge in [-0.2, -0.15) is 0 Å². The summed E-state index contributed by atoms with van der Waals surface area (Å²) in [7, 11) is 0. The summed E-state index contributed by atoms with van der Waals surface area (Å²) in [5.41, 5.74) is 5.70. The highest BCUT2D eigenvalue weighted by molar-refractivity contribution is 5.95. The Balaban J connectivity index is 1.90. The van der Waals surface area contributed by atoms with E-state index in [0.717, 1.165) is 16.8 Å². The van der Waals surface area contributed by atoms with Gasteiger partial charge in [-0.25, -0.2) is 25.8 Å². The lowest BCUT2D eigenvalue weighted by atomic mass is 10.1. The fourth-order valence-electron chi connectivity index (χ4n) is 2.11. The van der Waals surface area contributed by atoms with Gasteiger partial charge in [0, 0.05) is 35.4 Å². The summed E-state index contributed by atoms with van der Waals surface area (Å²) in [4.78, 5) is 28.3. The Hall–Kier alpha value is -3.39. The Morgan fingerprint density at radius 1 is 1.17 bits per heavy atom. The third-order valence-corrected chi connectivity index (χ3v) is 3.39. The maximum atomic E-state index is 11.7. The first-order chi connectivity index (χ1) is 11.7. The van der Waals surface area contributed by atoms with E-state index in [1.165, 1.54) is 6.33 Å². The van der Waals surface area contributed by atoms with E-state index in [2.05, 4.69) is 30.7 Å². The van der Waals surface area contributed by atoms with Gasteiger partial charge in [-0.05, 0) is 30.7 Å². The number of carbonyl (C=O) groups is 1. The molecule has 120 valence electrons. The van der Waals surface area contributed by atoms with Crippen molar-refractivity contribution in [1.82, 2.24) is 25.4 Å². The average molecular weight is 321 g/mol. The van der Waals surface area contributed by atoms with Gasteiger partial charge in [0.05, 0.1) is 5.69 Å². The SMILES string of the molecule is Cc1ccc(C(=O)NN)cc1Nc1nccc(-c2cncnc2)n1. The summed E-state index contributed by atoms with van der Waals surface area (Å²) < 4.78 is 0. The molecule has 0 fully saturated rings. The molecule has 3 aromatic rings. The van der Waals surface area contributed by atoms with Crippen molar-refractivity contribution in [1.29, 1.82) is 0 Å². The minimum atomic E-state index is -0.367. The molecule has 8 nitrogen and oxygen atoms in total. The van der Waals surface area contributed by atoms with Crippen LogP contribution in [0, 0.1) is 6.92 Å². The molecule has 2 aromatic heterocycles. The van der Waals surface area contributed by atoms with E-state index >= 15 is 0 Å². The normalized spacial score (nSPS) is 10.2. The molecule has 0 aliphatic rings. The van der Waals surface area contributed by atoms with Gasteiger partial charge in [0.1, 0.15) is 6.33 Å². The Kier molecular flexibility index (Phi) is 4.39.